The van der Waals surface area contributed by atoms with E-state index in [-0.39, 0.29) is 18.8 Å². The molecule has 2 N–H and O–H groups in total. The number of hydrogen-bond donors (Lipinski definition) is 2. The monoisotopic (exact) mass is 480 g/mol. The van der Waals surface area contributed by atoms with E-state index in [1.165, 1.54) is 0 Å². The van der Waals surface area contributed by atoms with Crippen molar-refractivity contribution in [2.45, 2.75) is 32.8 Å². The maximum absolute atomic E-state index is 12.6. The van der Waals surface area contributed by atoms with E-state index in [0.29, 0.717) is 29.9 Å². The summed E-state index contributed by atoms with van der Waals surface area (Å²) in [6.45, 7) is 5.91. The van der Waals surface area contributed by atoms with E-state index in [1.807, 2.05) is 19.1 Å². The molecule has 35 heavy (non-hydrogen) atoms. The molecule has 1 saturated heterocycles. The van der Waals surface area contributed by atoms with Crippen molar-refractivity contribution in [1.29, 1.82) is 0 Å². The lowest BCUT2D eigenvalue weighted by atomic mass is 9.95. The number of amides is 4. The van der Waals surface area contributed by atoms with E-state index in [9.17, 15) is 14.4 Å². The lowest BCUT2D eigenvalue weighted by Gasteiger charge is -2.34. The second kappa shape index (κ2) is 9.94. The molecule has 2 heterocycles. The predicted octanol–water partition coefficient (Wildman–Crippen LogP) is 3.06. The summed E-state index contributed by atoms with van der Waals surface area (Å²) in [7, 11) is 0. The molecular weight excluding hydrogens is 456 g/mol. The summed E-state index contributed by atoms with van der Waals surface area (Å²) >= 11 is 0. The van der Waals surface area contributed by atoms with E-state index >= 15 is 0 Å². The van der Waals surface area contributed by atoms with Gasteiger partial charge < -0.3 is 18.6 Å². The third-order valence-corrected chi connectivity index (χ3v) is 5.30. The number of aryl methyl sites for hydroxylation is 2. The molecule has 182 valence electrons. The second-order valence-electron chi connectivity index (χ2n) is 7.79. The SMILES string of the molecule is CCOCCC1(Oc2ccc(Oc3ccc(-c4nnc(C)o4)c(C)c3)cc2)C(=O)NC(=O)NC1=O. The summed E-state index contributed by atoms with van der Waals surface area (Å²) in [4.78, 5) is 36.7. The van der Waals surface area contributed by atoms with Crippen LogP contribution in [0.1, 0.15) is 24.8 Å². The number of carbonyl (C=O) groups is 3. The van der Waals surface area contributed by atoms with Crippen LogP contribution in [-0.4, -0.2) is 46.9 Å². The number of hydrogen-bond acceptors (Lipinski definition) is 9. The van der Waals surface area contributed by atoms with Crippen molar-refractivity contribution in [2.75, 3.05) is 13.2 Å². The maximum atomic E-state index is 12.6. The highest BCUT2D eigenvalue weighted by atomic mass is 16.5. The van der Waals surface area contributed by atoms with Crippen molar-refractivity contribution in [3.63, 3.8) is 0 Å². The van der Waals surface area contributed by atoms with Gasteiger partial charge in [-0.1, -0.05) is 0 Å². The number of aromatic nitrogens is 2. The van der Waals surface area contributed by atoms with Crippen LogP contribution in [0, 0.1) is 13.8 Å². The minimum Gasteiger partial charge on any atom is -0.467 e. The summed E-state index contributed by atoms with van der Waals surface area (Å²) in [5.74, 6) is 0.562. The van der Waals surface area contributed by atoms with Crippen molar-refractivity contribution in [3.05, 3.63) is 53.9 Å². The molecule has 0 saturated carbocycles. The van der Waals surface area contributed by atoms with E-state index < -0.39 is 23.4 Å². The normalized spacial score (nSPS) is 14.9. The number of nitrogens with zero attached hydrogens (tertiary/aromatic N) is 2. The molecule has 2 aromatic carbocycles. The van der Waals surface area contributed by atoms with Crippen LogP contribution in [0.15, 0.2) is 46.9 Å². The lowest BCUT2D eigenvalue weighted by molar-refractivity contribution is -0.153. The van der Waals surface area contributed by atoms with Gasteiger partial charge in [-0.3, -0.25) is 20.2 Å². The molecule has 0 radical (unpaired) electrons. The average Bonchev–Trinajstić information content (AvgIpc) is 3.24. The Morgan fingerprint density at radius 1 is 0.914 bits per heavy atom. The van der Waals surface area contributed by atoms with Gasteiger partial charge in [-0.25, -0.2) is 4.79 Å². The minimum atomic E-state index is -1.94. The number of carbonyl (C=O) groups excluding carboxylic acids is 3. The number of benzene rings is 2. The van der Waals surface area contributed by atoms with Gasteiger partial charge in [0.25, 0.3) is 17.4 Å². The van der Waals surface area contributed by atoms with Crippen molar-refractivity contribution in [3.8, 4) is 28.7 Å². The van der Waals surface area contributed by atoms with Crippen LogP contribution in [0.2, 0.25) is 0 Å². The summed E-state index contributed by atoms with van der Waals surface area (Å²) in [5.41, 5.74) is -0.237. The molecule has 1 aliphatic rings. The Bertz CT molecular complexity index is 1230. The zero-order valence-corrected chi connectivity index (χ0v) is 19.4. The fourth-order valence-corrected chi connectivity index (χ4v) is 3.53. The molecule has 0 bridgehead atoms. The predicted molar refractivity (Wildman–Crippen MR) is 122 cm³/mol. The van der Waals surface area contributed by atoms with Crippen molar-refractivity contribution in [1.82, 2.24) is 20.8 Å². The third kappa shape index (κ3) is 5.14. The summed E-state index contributed by atoms with van der Waals surface area (Å²) in [6.07, 6.45) is -0.0742. The Hall–Kier alpha value is -4.25. The summed E-state index contributed by atoms with van der Waals surface area (Å²) < 4.78 is 22.5. The van der Waals surface area contributed by atoms with Crippen LogP contribution in [0.4, 0.5) is 4.79 Å². The van der Waals surface area contributed by atoms with Crippen LogP contribution in [0.3, 0.4) is 0 Å². The first kappa shape index (κ1) is 23.9. The fraction of sp³-hybridized carbons (Fsp3) is 0.292. The topological polar surface area (TPSA) is 142 Å². The second-order valence-corrected chi connectivity index (χ2v) is 7.79. The molecule has 1 aromatic heterocycles. The summed E-state index contributed by atoms with van der Waals surface area (Å²) in [5, 5.41) is 12.1. The number of barbiturate groups is 1. The third-order valence-electron chi connectivity index (χ3n) is 5.30. The van der Waals surface area contributed by atoms with E-state index in [0.717, 1.165) is 11.1 Å². The number of nitrogens with one attached hydrogen (secondary N) is 2. The van der Waals surface area contributed by atoms with Gasteiger partial charge in [-0.15, -0.1) is 10.2 Å². The molecule has 1 aliphatic heterocycles. The largest absolute Gasteiger partial charge is 0.467 e. The van der Waals surface area contributed by atoms with Gasteiger partial charge >= 0.3 is 6.03 Å². The summed E-state index contributed by atoms with van der Waals surface area (Å²) in [6, 6.07) is 11.0. The first-order valence-corrected chi connectivity index (χ1v) is 10.9. The molecule has 3 aromatic rings. The van der Waals surface area contributed by atoms with Crippen molar-refractivity contribution < 1.29 is 33.0 Å². The van der Waals surface area contributed by atoms with Crippen LogP contribution in [0.5, 0.6) is 17.2 Å². The van der Waals surface area contributed by atoms with Crippen LogP contribution >= 0.6 is 0 Å². The molecule has 0 unspecified atom stereocenters. The lowest BCUT2D eigenvalue weighted by Crippen LogP contribution is -2.69. The Labute approximate surface area is 200 Å². The van der Waals surface area contributed by atoms with Crippen molar-refractivity contribution >= 4 is 17.8 Å². The van der Waals surface area contributed by atoms with Gasteiger partial charge in [0, 0.05) is 25.5 Å². The molecule has 0 aliphatic carbocycles. The molecule has 11 nitrogen and oxygen atoms in total. The highest BCUT2D eigenvalue weighted by molar-refractivity contribution is 6.21. The Kier molecular flexibility index (Phi) is 6.78. The Balaban J connectivity index is 1.48. The Morgan fingerprint density at radius 2 is 1.57 bits per heavy atom. The van der Waals surface area contributed by atoms with Gasteiger partial charge in [0.15, 0.2) is 0 Å². The number of ether oxygens (including phenoxy) is 3. The molecule has 4 rings (SSSR count). The number of urea groups is 1. The van der Waals surface area contributed by atoms with Crippen LogP contribution < -0.4 is 20.1 Å². The zero-order valence-electron chi connectivity index (χ0n) is 19.4. The maximum Gasteiger partial charge on any atom is 0.328 e. The van der Waals surface area contributed by atoms with Crippen molar-refractivity contribution in [2.24, 2.45) is 0 Å². The minimum absolute atomic E-state index is 0.0742. The number of rotatable bonds is 9. The fourth-order valence-electron chi connectivity index (χ4n) is 3.53. The molecular formula is C24H24N4O7. The molecule has 0 spiro atoms. The first-order valence-electron chi connectivity index (χ1n) is 10.9. The van der Waals surface area contributed by atoms with Gasteiger partial charge in [0.1, 0.15) is 17.2 Å². The molecule has 4 amide bonds. The van der Waals surface area contributed by atoms with E-state index in [4.69, 9.17) is 18.6 Å². The van der Waals surface area contributed by atoms with Crippen LogP contribution in [0.25, 0.3) is 11.5 Å². The highest BCUT2D eigenvalue weighted by Crippen LogP contribution is 2.31. The first-order chi connectivity index (χ1) is 16.8. The Morgan fingerprint density at radius 3 is 2.17 bits per heavy atom. The van der Waals surface area contributed by atoms with Gasteiger partial charge in [-0.05, 0) is 61.9 Å². The standard InChI is InChI=1S/C24H24N4O7/c1-4-32-12-11-24(21(29)25-23(31)26-22(24)30)35-17-7-5-16(6-8-17)34-18-9-10-19(14(2)13-18)20-28-27-15(3)33-20/h5-10,13H,4,11-12H2,1-3H3,(H2,25,26,29,30,31). The molecule has 0 atom stereocenters. The zero-order chi connectivity index (χ0) is 25.0. The quantitative estimate of drug-likeness (QED) is 0.349. The van der Waals surface area contributed by atoms with Gasteiger partial charge in [0.2, 0.25) is 11.8 Å². The average molecular weight is 480 g/mol. The van der Waals surface area contributed by atoms with Crippen LogP contribution in [-0.2, 0) is 14.3 Å². The van der Waals surface area contributed by atoms with E-state index in [2.05, 4.69) is 20.8 Å². The molecule has 1 fully saturated rings. The van der Waals surface area contributed by atoms with E-state index in [1.54, 1.807) is 44.2 Å². The highest BCUT2D eigenvalue weighted by Gasteiger charge is 2.52. The molecule has 11 heteroatoms. The van der Waals surface area contributed by atoms with Gasteiger partial charge in [0.05, 0.1) is 6.61 Å². The smallest absolute Gasteiger partial charge is 0.328 e. The number of imide groups is 2. The van der Waals surface area contributed by atoms with Gasteiger partial charge in [-0.2, -0.15) is 0 Å².